The summed E-state index contributed by atoms with van der Waals surface area (Å²) in [7, 11) is 0. The quantitative estimate of drug-likeness (QED) is 0.347. The Morgan fingerprint density at radius 3 is 2.80 bits per heavy atom. The number of nitrogens with zero attached hydrogens (tertiary/aromatic N) is 4. The second-order valence-electron chi connectivity index (χ2n) is 9.43. The zero-order chi connectivity index (χ0) is 23.4. The van der Waals surface area contributed by atoms with Gasteiger partial charge >= 0.3 is 0 Å². The zero-order valence-electron chi connectivity index (χ0n) is 19.4. The third-order valence-corrected chi connectivity index (χ3v) is 7.22. The Bertz CT molecular complexity index is 1660. The van der Waals surface area contributed by atoms with Gasteiger partial charge < -0.3 is 15.6 Å². The van der Waals surface area contributed by atoms with Gasteiger partial charge in [0.15, 0.2) is 5.82 Å². The summed E-state index contributed by atoms with van der Waals surface area (Å²) in [5.41, 5.74) is 5.91. The van der Waals surface area contributed by atoms with E-state index in [1.807, 2.05) is 30.7 Å². The molecule has 4 aromatic heterocycles. The third kappa shape index (κ3) is 3.31. The number of hydrogen-bond acceptors (Lipinski definition) is 6. The summed E-state index contributed by atoms with van der Waals surface area (Å²) in [4.78, 5) is 22.8. The van der Waals surface area contributed by atoms with Crippen LogP contribution in [-0.4, -0.2) is 44.1 Å². The highest BCUT2D eigenvalue weighted by molar-refractivity contribution is 6.12. The van der Waals surface area contributed by atoms with Crippen LogP contribution in [0, 0.1) is 5.92 Å². The molecule has 35 heavy (non-hydrogen) atoms. The predicted octanol–water partition coefficient (Wildman–Crippen LogP) is 5.08. The van der Waals surface area contributed by atoms with Crippen LogP contribution in [0.4, 0.5) is 5.82 Å². The number of fused-ring (bicyclic) bond motifs is 4. The monoisotopic (exact) mass is 459 g/mol. The molecule has 1 aliphatic carbocycles. The van der Waals surface area contributed by atoms with Gasteiger partial charge in [-0.15, -0.1) is 0 Å². The lowest BCUT2D eigenvalue weighted by molar-refractivity contribution is 0.368. The van der Waals surface area contributed by atoms with E-state index in [-0.39, 0.29) is 0 Å². The number of aromatic amines is 1. The molecular weight excluding hydrogens is 434 g/mol. The van der Waals surface area contributed by atoms with Crippen LogP contribution in [0.5, 0.6) is 0 Å². The topological polar surface area (TPSA) is 91.4 Å². The standard InChI is InChI=1S/C28H25N7/c1-16-13-29-11-10-21(16)32-28-25-20(17-5-4-6-17)14-30-15-23(25)34-26(35-28)19-9-12-31-27-24(19)18-7-2-3-8-22(18)33-27/h2-9,12,14-16,21,29H,10-11,13H2,1H3,(H,31,33)(H,32,34,35)/t16-,21-/m1/s1. The summed E-state index contributed by atoms with van der Waals surface area (Å²) in [6, 6.07) is 10.6. The Balaban J connectivity index is 1.47. The fourth-order valence-electron chi connectivity index (χ4n) is 5.26. The smallest absolute Gasteiger partial charge is 0.163 e. The van der Waals surface area contributed by atoms with Gasteiger partial charge in [-0.25, -0.2) is 15.0 Å². The first-order chi connectivity index (χ1) is 17.3. The molecular formula is C28H25N7. The van der Waals surface area contributed by atoms with Crippen molar-refractivity contribution in [1.29, 1.82) is 0 Å². The fourth-order valence-corrected chi connectivity index (χ4v) is 5.26. The molecule has 1 fully saturated rings. The van der Waals surface area contributed by atoms with E-state index in [1.54, 1.807) is 0 Å². The van der Waals surface area contributed by atoms with Crippen molar-refractivity contribution in [2.24, 2.45) is 5.92 Å². The van der Waals surface area contributed by atoms with Crippen molar-refractivity contribution in [2.75, 3.05) is 18.4 Å². The lowest BCUT2D eigenvalue weighted by atomic mass is 9.94. The van der Waals surface area contributed by atoms with Crippen LogP contribution in [0.1, 0.15) is 18.9 Å². The lowest BCUT2D eigenvalue weighted by Crippen LogP contribution is -2.42. The number of aromatic nitrogens is 5. The summed E-state index contributed by atoms with van der Waals surface area (Å²) in [6.45, 7) is 4.28. The summed E-state index contributed by atoms with van der Waals surface area (Å²) in [5.74, 6) is 2.04. The molecule has 5 heterocycles. The zero-order valence-corrected chi connectivity index (χ0v) is 19.4. The van der Waals surface area contributed by atoms with Gasteiger partial charge in [-0.05, 0) is 43.1 Å². The predicted molar refractivity (Wildman–Crippen MR) is 141 cm³/mol. The second kappa shape index (κ2) is 7.99. The highest BCUT2D eigenvalue weighted by Crippen LogP contribution is 2.37. The Kier molecular flexibility index (Phi) is 4.63. The fraction of sp³-hybridized carbons (Fsp3) is 0.214. The largest absolute Gasteiger partial charge is 0.366 e. The molecule has 0 saturated carbocycles. The minimum absolute atomic E-state index is 0.333. The van der Waals surface area contributed by atoms with Crippen LogP contribution in [0.25, 0.3) is 49.8 Å². The number of para-hydroxylation sites is 1. The number of hydrogen-bond donors (Lipinski definition) is 3. The number of rotatable bonds is 4. The molecule has 3 N–H and O–H groups in total. The van der Waals surface area contributed by atoms with Crippen LogP contribution in [0.3, 0.4) is 0 Å². The molecule has 172 valence electrons. The highest BCUT2D eigenvalue weighted by atomic mass is 15.1. The maximum Gasteiger partial charge on any atom is 0.163 e. The van der Waals surface area contributed by atoms with Gasteiger partial charge in [0.05, 0.1) is 17.1 Å². The summed E-state index contributed by atoms with van der Waals surface area (Å²) < 4.78 is 0. The van der Waals surface area contributed by atoms with Crippen molar-refractivity contribution in [3.63, 3.8) is 0 Å². The maximum atomic E-state index is 5.17. The number of allylic oxidation sites excluding steroid dienone is 4. The van der Waals surface area contributed by atoms with Gasteiger partial charge in [0.2, 0.25) is 0 Å². The van der Waals surface area contributed by atoms with Crippen LogP contribution in [-0.2, 0) is 0 Å². The molecule has 0 amide bonds. The number of pyridine rings is 2. The van der Waals surface area contributed by atoms with Crippen molar-refractivity contribution in [3.05, 3.63) is 72.7 Å². The number of benzene rings is 1. The summed E-state index contributed by atoms with van der Waals surface area (Å²) in [5, 5.41) is 10.5. The van der Waals surface area contributed by atoms with Crippen LogP contribution >= 0.6 is 0 Å². The van der Waals surface area contributed by atoms with Crippen molar-refractivity contribution in [3.8, 4) is 11.4 Å². The van der Waals surface area contributed by atoms with E-state index in [1.165, 1.54) is 0 Å². The SMILES string of the molecule is C[C@@H]1CNCC[C@H]1Nc1nc(-c2ccnc3[nH]c4ccccc4c23)nc2cncc(C3=CC=C3)c12. The van der Waals surface area contributed by atoms with E-state index in [0.717, 1.165) is 74.9 Å². The minimum Gasteiger partial charge on any atom is -0.366 e. The number of nitrogens with one attached hydrogen (secondary N) is 3. The Morgan fingerprint density at radius 1 is 1.03 bits per heavy atom. The number of piperidine rings is 1. The maximum absolute atomic E-state index is 5.17. The number of anilines is 1. The molecule has 5 aromatic rings. The first-order valence-electron chi connectivity index (χ1n) is 12.1. The molecule has 1 aromatic carbocycles. The Labute approximate surface area is 202 Å². The molecule has 2 aliphatic rings. The average molecular weight is 460 g/mol. The molecule has 1 saturated heterocycles. The molecule has 7 heteroatoms. The van der Waals surface area contributed by atoms with Gasteiger partial charge in [-0.3, -0.25) is 4.98 Å². The molecule has 0 unspecified atom stereocenters. The van der Waals surface area contributed by atoms with E-state index in [0.29, 0.717) is 17.8 Å². The molecule has 0 radical (unpaired) electrons. The van der Waals surface area contributed by atoms with Gasteiger partial charge in [0.1, 0.15) is 11.5 Å². The second-order valence-corrected chi connectivity index (χ2v) is 9.43. The molecule has 0 bridgehead atoms. The van der Waals surface area contributed by atoms with Gasteiger partial charge in [-0.2, -0.15) is 0 Å². The minimum atomic E-state index is 0.333. The van der Waals surface area contributed by atoms with E-state index in [9.17, 15) is 0 Å². The lowest BCUT2D eigenvalue weighted by Gasteiger charge is -2.31. The van der Waals surface area contributed by atoms with Crippen molar-refractivity contribution < 1.29 is 0 Å². The van der Waals surface area contributed by atoms with Gasteiger partial charge in [0, 0.05) is 45.9 Å². The average Bonchev–Trinajstić information content (AvgIpc) is 3.23. The molecule has 1 aliphatic heterocycles. The van der Waals surface area contributed by atoms with Crippen molar-refractivity contribution in [1.82, 2.24) is 30.2 Å². The Morgan fingerprint density at radius 2 is 1.94 bits per heavy atom. The molecule has 7 nitrogen and oxygen atoms in total. The van der Waals surface area contributed by atoms with Gasteiger partial charge in [-0.1, -0.05) is 43.4 Å². The number of H-pyrrole nitrogens is 1. The van der Waals surface area contributed by atoms with E-state index in [2.05, 4.69) is 68.9 Å². The first-order valence-corrected chi connectivity index (χ1v) is 12.1. The summed E-state index contributed by atoms with van der Waals surface area (Å²) >= 11 is 0. The Hall–Kier alpha value is -4.10. The normalized spacial score (nSPS) is 19.7. The van der Waals surface area contributed by atoms with E-state index < -0.39 is 0 Å². The van der Waals surface area contributed by atoms with E-state index in [4.69, 9.17) is 9.97 Å². The van der Waals surface area contributed by atoms with Crippen molar-refractivity contribution in [2.45, 2.75) is 19.4 Å². The molecule has 7 rings (SSSR count). The van der Waals surface area contributed by atoms with Crippen LogP contribution in [0.2, 0.25) is 0 Å². The third-order valence-electron chi connectivity index (χ3n) is 7.22. The van der Waals surface area contributed by atoms with Crippen LogP contribution < -0.4 is 10.6 Å². The van der Waals surface area contributed by atoms with Crippen molar-refractivity contribution >= 4 is 44.2 Å². The highest BCUT2D eigenvalue weighted by Gasteiger charge is 2.24. The van der Waals surface area contributed by atoms with E-state index >= 15 is 0 Å². The van der Waals surface area contributed by atoms with Gasteiger partial charge in [0.25, 0.3) is 0 Å². The molecule has 0 spiro atoms. The molecule has 2 atom stereocenters. The first kappa shape index (κ1) is 20.3. The van der Waals surface area contributed by atoms with Crippen LogP contribution in [0.15, 0.2) is 67.2 Å². The summed E-state index contributed by atoms with van der Waals surface area (Å²) in [6.07, 6.45) is 12.9.